The van der Waals surface area contributed by atoms with Crippen LogP contribution < -0.4 is 72.9 Å². The van der Waals surface area contributed by atoms with Crippen molar-refractivity contribution in [3.05, 3.63) is 156 Å². The normalized spacial score (nSPS) is 11.0. The van der Waals surface area contributed by atoms with Crippen molar-refractivity contribution in [1.82, 2.24) is 15.0 Å². The van der Waals surface area contributed by atoms with Crippen LogP contribution >= 0.6 is 10.1 Å². The van der Waals surface area contributed by atoms with Gasteiger partial charge in [0.25, 0.3) is 0 Å². The van der Waals surface area contributed by atoms with E-state index in [4.69, 9.17) is 15.0 Å². The van der Waals surface area contributed by atoms with Crippen molar-refractivity contribution in [2.75, 3.05) is 0 Å². The number of rotatable bonds is 4. The van der Waals surface area contributed by atoms with E-state index in [2.05, 4.69) is 181 Å². The van der Waals surface area contributed by atoms with Crippen molar-refractivity contribution < 1.29 is 83.0 Å². The van der Waals surface area contributed by atoms with E-state index in [1.54, 1.807) is 0 Å². The van der Waals surface area contributed by atoms with Crippen LogP contribution in [0.25, 0.3) is 79.8 Å². The number of aryl methyl sites for hydroxylation is 4. The molecule has 0 aromatic carbocycles. The molecule has 0 fully saturated rings. The summed E-state index contributed by atoms with van der Waals surface area (Å²) in [6.07, 6.45) is 25.2. The fourth-order valence-corrected chi connectivity index (χ4v) is 7.02. The molecule has 6 bridgehead atoms. The van der Waals surface area contributed by atoms with E-state index in [1.807, 2.05) is 37.3 Å². The molecular weight excluding hydrogens is 859 g/mol. The zero-order valence-corrected chi connectivity index (χ0v) is 36.2. The molecule has 0 amide bonds. The molecule has 0 radical (unpaired) electrons. The van der Waals surface area contributed by atoms with E-state index in [-0.39, 0.29) is 49.6 Å². The van der Waals surface area contributed by atoms with Crippen molar-refractivity contribution in [3.8, 4) is 44.5 Å². The molecule has 3 aliphatic heterocycles. The Hall–Kier alpha value is -4.63. The van der Waals surface area contributed by atoms with Crippen molar-refractivity contribution >= 4 is 45.4 Å². The fourth-order valence-electron chi connectivity index (χ4n) is 7.02. The number of hydrogen-bond acceptors (Lipinski definition) is 2. The van der Waals surface area contributed by atoms with Crippen LogP contribution in [0.1, 0.15) is 22.8 Å². The van der Waals surface area contributed by atoms with E-state index in [0.717, 1.165) is 88.8 Å². The van der Waals surface area contributed by atoms with Gasteiger partial charge in [-0.2, -0.15) is 0 Å². The summed E-state index contributed by atoms with van der Waals surface area (Å²) in [5, 5.41) is 2.27. The number of fused-ring (bicyclic) bond motifs is 6. The summed E-state index contributed by atoms with van der Waals surface area (Å²) in [7, 11) is 12.6. The van der Waals surface area contributed by atoms with Crippen LogP contribution in [0.15, 0.2) is 122 Å². The van der Waals surface area contributed by atoms with E-state index in [9.17, 15) is 0 Å². The molecule has 0 unspecified atom stereocenters. The van der Waals surface area contributed by atoms with Crippen LogP contribution in [-0.4, -0.2) is 9.97 Å². The average molecular weight is 895 g/mol. The minimum atomic E-state index is 0. The predicted octanol–water partition coefficient (Wildman–Crippen LogP) is -5.37. The molecular formula is C44H36Cl5MnN7. The minimum absolute atomic E-state index is 0. The number of aromatic nitrogens is 7. The maximum atomic E-state index is 5.41. The first kappa shape index (κ1) is 45.1. The Morgan fingerprint density at radius 3 is 0.895 bits per heavy atom. The van der Waals surface area contributed by atoms with Gasteiger partial charge in [0, 0.05) is 59.7 Å². The van der Waals surface area contributed by atoms with Gasteiger partial charge in [0.15, 0.2) is 49.6 Å². The SMILES string of the molecule is C[n+]1ccc(-c2c3nc(c(-c4cc[n+](C)cc4)c4ccc([n-]4)c(-c4cc[n+](C)cc4)c4nc(c(-c5cc[n+](C)cc5)c5ccc2=5)C=C4)C=C3)cc1.[Cl-].[Cl-].[Cl-].[Cl-].[Cl][Mn+]. The Morgan fingerprint density at radius 1 is 0.386 bits per heavy atom. The molecule has 1 aliphatic carbocycles. The molecule has 9 rings (SSSR count). The fraction of sp³-hybridized carbons (Fsp3) is 0.0909. The second kappa shape index (κ2) is 19.2. The number of halogens is 5. The summed E-state index contributed by atoms with van der Waals surface area (Å²) < 4.78 is 8.21. The molecule has 0 N–H and O–H groups in total. The summed E-state index contributed by atoms with van der Waals surface area (Å²) in [5.41, 5.74) is 13.8. The molecule has 13 heteroatoms. The van der Waals surface area contributed by atoms with Crippen molar-refractivity contribution in [2.45, 2.75) is 0 Å². The third kappa shape index (κ3) is 8.79. The van der Waals surface area contributed by atoms with Crippen LogP contribution in [0.3, 0.4) is 0 Å². The molecule has 8 heterocycles. The molecule has 5 aromatic heterocycles. The van der Waals surface area contributed by atoms with Crippen molar-refractivity contribution in [1.29, 1.82) is 0 Å². The van der Waals surface area contributed by atoms with Gasteiger partial charge in [0.1, 0.15) is 28.2 Å². The van der Waals surface area contributed by atoms with Gasteiger partial charge in [0.2, 0.25) is 0 Å². The van der Waals surface area contributed by atoms with Gasteiger partial charge >= 0.3 is 25.2 Å². The van der Waals surface area contributed by atoms with E-state index < -0.39 is 0 Å². The quantitative estimate of drug-likeness (QED) is 0.131. The summed E-state index contributed by atoms with van der Waals surface area (Å²) in [5.74, 6) is 0. The van der Waals surface area contributed by atoms with Gasteiger partial charge in [0.05, 0.1) is 22.8 Å². The summed E-state index contributed by atoms with van der Waals surface area (Å²) in [4.78, 5) is 16.2. The Morgan fingerprint density at radius 2 is 0.632 bits per heavy atom. The van der Waals surface area contributed by atoms with E-state index in [0.29, 0.717) is 0 Å². The Labute approximate surface area is 369 Å². The average Bonchev–Trinajstić information content (AvgIpc) is 3.95. The first-order valence-electron chi connectivity index (χ1n) is 17.2. The summed E-state index contributed by atoms with van der Waals surface area (Å²) in [6.45, 7) is 0. The van der Waals surface area contributed by atoms with E-state index >= 15 is 0 Å². The first-order valence-corrected chi connectivity index (χ1v) is 18.8. The van der Waals surface area contributed by atoms with Gasteiger partial charge in [-0.05, 0) is 68.1 Å². The first-order chi connectivity index (χ1) is 25.9. The molecule has 57 heavy (non-hydrogen) atoms. The Balaban J connectivity index is 0.00000118. The molecule has 7 nitrogen and oxygen atoms in total. The Bertz CT molecular complexity index is 2580. The molecule has 0 spiro atoms. The van der Waals surface area contributed by atoms with E-state index in [1.165, 1.54) is 0 Å². The number of pyridine rings is 4. The predicted molar refractivity (Wildman–Crippen MR) is 205 cm³/mol. The van der Waals surface area contributed by atoms with Crippen LogP contribution in [0.2, 0.25) is 0 Å². The van der Waals surface area contributed by atoms with Crippen LogP contribution in [0, 0.1) is 10.4 Å². The second-order valence-corrected chi connectivity index (χ2v) is 13.3. The molecule has 0 saturated heterocycles. The molecule has 5 aromatic rings. The van der Waals surface area contributed by atoms with Gasteiger partial charge in [-0.25, -0.2) is 28.2 Å². The Kier molecular flexibility index (Phi) is 15.2. The molecule has 0 saturated carbocycles. The third-order valence-electron chi connectivity index (χ3n) is 9.77. The van der Waals surface area contributed by atoms with Gasteiger partial charge in [-0.1, -0.05) is 24.3 Å². The van der Waals surface area contributed by atoms with Crippen molar-refractivity contribution in [2.24, 2.45) is 28.2 Å². The number of nitrogens with zero attached hydrogens (tertiary/aromatic N) is 7. The summed E-state index contributed by atoms with van der Waals surface area (Å²) >= 11 is 2.41. The monoisotopic (exact) mass is 892 g/mol. The zero-order chi connectivity index (χ0) is 36.6. The number of hydrogen-bond donors (Lipinski definition) is 0. The third-order valence-corrected chi connectivity index (χ3v) is 9.77. The maximum absolute atomic E-state index is 5.41. The van der Waals surface area contributed by atoms with Crippen molar-refractivity contribution in [3.63, 3.8) is 0 Å². The standard InChI is InChI=1S/C44H36N7.5ClH.Mn/c1-48-21-13-29(14-22-48)41-33-5-6-34(33)42(30-15-23-49(2)24-16-30)36-8-10-38(46-36)44(32-19-27-51(4)28-20-32)40-12-11-39(47-40)43(37-9-7-35(41)45-37)31-17-25-50(3)26-18-31;;;;;;/h5-28H,1-4H3;5*1H;/q+3;;;;;;+2/p-5. The molecule has 0 atom stereocenters. The zero-order valence-electron chi connectivity index (χ0n) is 31.3. The van der Waals surface area contributed by atoms with Crippen LogP contribution in [-0.2, 0) is 43.3 Å². The van der Waals surface area contributed by atoms with Gasteiger partial charge in [-0.3, -0.25) is 0 Å². The molecule has 4 aliphatic rings. The van der Waals surface area contributed by atoms with Crippen LogP contribution in [0.5, 0.6) is 0 Å². The van der Waals surface area contributed by atoms with Crippen LogP contribution in [0.4, 0.5) is 0 Å². The van der Waals surface area contributed by atoms with Gasteiger partial charge in [-0.15, -0.1) is 11.0 Å². The second-order valence-electron chi connectivity index (χ2n) is 13.3. The molecule has 289 valence electrons. The van der Waals surface area contributed by atoms with Gasteiger partial charge < -0.3 is 54.6 Å². The topological polar surface area (TPSA) is 55.4 Å². The summed E-state index contributed by atoms with van der Waals surface area (Å²) in [6, 6.07) is 25.9.